The lowest BCUT2D eigenvalue weighted by Crippen LogP contribution is -2.18. The molecule has 1 heterocycles. The fraction of sp³-hybridized carbons (Fsp3) is 0.143. The smallest absolute Gasteiger partial charge is 0.257 e. The highest BCUT2D eigenvalue weighted by molar-refractivity contribution is 6.07. The molecular formula is C14H15N3O2. The normalized spacial score (nSPS) is 10.0. The van der Waals surface area contributed by atoms with Crippen molar-refractivity contribution in [1.29, 1.82) is 0 Å². The molecule has 19 heavy (non-hydrogen) atoms. The van der Waals surface area contributed by atoms with Crippen molar-refractivity contribution in [3.05, 3.63) is 58.5 Å². The summed E-state index contributed by atoms with van der Waals surface area (Å²) in [5, 5.41) is 5.73. The molecule has 1 amide bonds. The summed E-state index contributed by atoms with van der Waals surface area (Å²) in [5.74, 6) is -0.219. The molecule has 2 N–H and O–H groups in total. The van der Waals surface area contributed by atoms with Crippen LogP contribution in [0.25, 0.3) is 0 Å². The average Bonchev–Trinajstić information content (AvgIpc) is 2.43. The summed E-state index contributed by atoms with van der Waals surface area (Å²) in [6.07, 6.45) is 1.59. The van der Waals surface area contributed by atoms with Crippen molar-refractivity contribution < 1.29 is 4.79 Å². The minimum atomic E-state index is -0.219. The van der Waals surface area contributed by atoms with Crippen molar-refractivity contribution in [3.8, 4) is 0 Å². The van der Waals surface area contributed by atoms with Gasteiger partial charge in [-0.25, -0.2) is 0 Å². The molecule has 5 heteroatoms. The molecule has 2 aromatic rings. The molecule has 5 nitrogen and oxygen atoms in total. The molecule has 0 atom stereocenters. The van der Waals surface area contributed by atoms with E-state index in [0.29, 0.717) is 11.3 Å². The summed E-state index contributed by atoms with van der Waals surface area (Å²) in [4.78, 5) is 23.4. The van der Waals surface area contributed by atoms with Gasteiger partial charge in [-0.05, 0) is 18.2 Å². The largest absolute Gasteiger partial charge is 0.387 e. The average molecular weight is 257 g/mol. The Balaban J connectivity index is 2.25. The summed E-state index contributed by atoms with van der Waals surface area (Å²) >= 11 is 0. The highest BCUT2D eigenvalue weighted by Gasteiger charge is 2.10. The molecule has 0 aliphatic rings. The van der Waals surface area contributed by atoms with E-state index in [1.165, 1.54) is 10.6 Å². The number of rotatable bonds is 3. The zero-order chi connectivity index (χ0) is 13.8. The molecule has 0 aliphatic carbocycles. The van der Waals surface area contributed by atoms with Crippen molar-refractivity contribution in [2.45, 2.75) is 0 Å². The number of carbonyl (C=O) groups excluding carboxylic acids is 1. The predicted octanol–water partition coefficient (Wildman–Crippen LogP) is 1.68. The first-order valence-electron chi connectivity index (χ1n) is 5.86. The second kappa shape index (κ2) is 5.39. The number of para-hydroxylation sites is 1. The van der Waals surface area contributed by atoms with Gasteiger partial charge in [-0.1, -0.05) is 12.1 Å². The number of aromatic nitrogens is 1. The molecule has 0 saturated heterocycles. The van der Waals surface area contributed by atoms with E-state index < -0.39 is 0 Å². The summed E-state index contributed by atoms with van der Waals surface area (Å²) in [7, 11) is 3.40. The Labute approximate surface area is 110 Å². The van der Waals surface area contributed by atoms with E-state index in [9.17, 15) is 9.59 Å². The number of anilines is 2. The number of nitrogens with zero attached hydrogens (tertiary/aromatic N) is 1. The zero-order valence-electron chi connectivity index (χ0n) is 10.8. The Hall–Kier alpha value is -2.56. The number of nitrogens with one attached hydrogen (secondary N) is 2. The van der Waals surface area contributed by atoms with Gasteiger partial charge >= 0.3 is 0 Å². The Morgan fingerprint density at radius 3 is 2.58 bits per heavy atom. The zero-order valence-corrected chi connectivity index (χ0v) is 10.8. The third kappa shape index (κ3) is 2.82. The van der Waals surface area contributed by atoms with Gasteiger partial charge in [0.15, 0.2) is 0 Å². The van der Waals surface area contributed by atoms with Crippen LogP contribution in [0.4, 0.5) is 11.4 Å². The topological polar surface area (TPSA) is 63.1 Å². The van der Waals surface area contributed by atoms with Crippen LogP contribution in [-0.2, 0) is 7.05 Å². The third-order valence-electron chi connectivity index (χ3n) is 2.78. The second-order valence-electron chi connectivity index (χ2n) is 4.12. The highest BCUT2D eigenvalue weighted by atomic mass is 16.1. The second-order valence-corrected chi connectivity index (χ2v) is 4.12. The third-order valence-corrected chi connectivity index (χ3v) is 2.78. The quantitative estimate of drug-likeness (QED) is 0.879. The maximum absolute atomic E-state index is 12.2. The van der Waals surface area contributed by atoms with Crippen molar-refractivity contribution in [2.75, 3.05) is 17.7 Å². The molecule has 2 rings (SSSR count). The van der Waals surface area contributed by atoms with E-state index in [1.807, 2.05) is 12.1 Å². The first-order valence-corrected chi connectivity index (χ1v) is 5.86. The summed E-state index contributed by atoms with van der Waals surface area (Å²) in [5.41, 5.74) is 1.77. The molecule has 0 saturated carbocycles. The van der Waals surface area contributed by atoms with E-state index in [4.69, 9.17) is 0 Å². The van der Waals surface area contributed by atoms with Crippen LogP contribution in [0.3, 0.4) is 0 Å². The number of hydrogen-bond donors (Lipinski definition) is 2. The van der Waals surface area contributed by atoms with Crippen molar-refractivity contribution >= 4 is 17.3 Å². The lowest BCUT2D eigenvalue weighted by atomic mass is 10.1. The van der Waals surface area contributed by atoms with Crippen LogP contribution in [0.5, 0.6) is 0 Å². The van der Waals surface area contributed by atoms with Gasteiger partial charge in [0.2, 0.25) is 5.56 Å². The van der Waals surface area contributed by atoms with Crippen LogP contribution < -0.4 is 16.2 Å². The van der Waals surface area contributed by atoms with E-state index in [1.54, 1.807) is 38.5 Å². The van der Waals surface area contributed by atoms with Crippen LogP contribution in [-0.4, -0.2) is 17.5 Å². The van der Waals surface area contributed by atoms with E-state index >= 15 is 0 Å². The van der Waals surface area contributed by atoms with Crippen molar-refractivity contribution in [2.24, 2.45) is 7.05 Å². The molecule has 0 bridgehead atoms. The van der Waals surface area contributed by atoms with Crippen LogP contribution in [0, 0.1) is 0 Å². The van der Waals surface area contributed by atoms with Gasteiger partial charge in [-0.2, -0.15) is 0 Å². The van der Waals surface area contributed by atoms with Gasteiger partial charge in [0.1, 0.15) is 0 Å². The van der Waals surface area contributed by atoms with Gasteiger partial charge in [-0.3, -0.25) is 9.59 Å². The van der Waals surface area contributed by atoms with Gasteiger partial charge in [0.25, 0.3) is 5.91 Å². The van der Waals surface area contributed by atoms with E-state index in [0.717, 1.165) is 5.69 Å². The first-order chi connectivity index (χ1) is 9.11. The summed E-state index contributed by atoms with van der Waals surface area (Å²) in [6.45, 7) is 0. The fourth-order valence-electron chi connectivity index (χ4n) is 1.77. The van der Waals surface area contributed by atoms with E-state index in [-0.39, 0.29) is 11.5 Å². The maximum atomic E-state index is 12.2. The van der Waals surface area contributed by atoms with Crippen LogP contribution in [0.2, 0.25) is 0 Å². The van der Waals surface area contributed by atoms with Crippen molar-refractivity contribution in [1.82, 2.24) is 4.57 Å². The maximum Gasteiger partial charge on any atom is 0.257 e. The predicted molar refractivity (Wildman–Crippen MR) is 75.6 cm³/mol. The van der Waals surface area contributed by atoms with E-state index in [2.05, 4.69) is 10.6 Å². The number of carbonyl (C=O) groups is 1. The Morgan fingerprint density at radius 2 is 1.89 bits per heavy atom. The molecular weight excluding hydrogens is 242 g/mol. The van der Waals surface area contributed by atoms with Crippen molar-refractivity contribution in [3.63, 3.8) is 0 Å². The Morgan fingerprint density at radius 1 is 1.16 bits per heavy atom. The fourth-order valence-corrected chi connectivity index (χ4v) is 1.77. The summed E-state index contributed by atoms with van der Waals surface area (Å²) < 4.78 is 1.42. The standard InChI is InChI=1S/C14H15N3O2/c1-15-12-6-4-3-5-11(12)14(19)16-10-7-8-13(18)17(2)9-10/h3-9,15H,1-2H3,(H,16,19). The van der Waals surface area contributed by atoms with Crippen LogP contribution in [0.1, 0.15) is 10.4 Å². The van der Waals surface area contributed by atoms with Crippen LogP contribution in [0.15, 0.2) is 47.4 Å². The molecule has 98 valence electrons. The molecule has 1 aromatic carbocycles. The number of pyridine rings is 1. The Bertz CT molecular complexity index is 662. The number of aryl methyl sites for hydroxylation is 1. The minimum Gasteiger partial charge on any atom is -0.387 e. The summed E-state index contributed by atoms with van der Waals surface area (Å²) in [6, 6.07) is 10.2. The molecule has 0 fully saturated rings. The molecule has 0 spiro atoms. The molecule has 0 radical (unpaired) electrons. The SMILES string of the molecule is CNc1ccccc1C(=O)Nc1ccc(=O)n(C)c1. The Kier molecular flexibility index (Phi) is 3.66. The van der Waals surface area contributed by atoms with Crippen LogP contribution >= 0.6 is 0 Å². The monoisotopic (exact) mass is 257 g/mol. The lowest BCUT2D eigenvalue weighted by molar-refractivity contribution is 0.102. The van der Waals surface area contributed by atoms with Gasteiger partial charge in [-0.15, -0.1) is 0 Å². The molecule has 0 unspecified atom stereocenters. The van der Waals surface area contributed by atoms with Gasteiger partial charge in [0, 0.05) is 32.0 Å². The number of benzene rings is 1. The number of amides is 1. The first kappa shape index (κ1) is 12.9. The van der Waals surface area contributed by atoms with Gasteiger partial charge in [0.05, 0.1) is 11.3 Å². The minimum absolute atomic E-state index is 0.117. The highest BCUT2D eigenvalue weighted by Crippen LogP contribution is 2.16. The molecule has 1 aromatic heterocycles. The number of hydrogen-bond acceptors (Lipinski definition) is 3. The lowest BCUT2D eigenvalue weighted by Gasteiger charge is -2.10. The van der Waals surface area contributed by atoms with Gasteiger partial charge < -0.3 is 15.2 Å². The molecule has 0 aliphatic heterocycles.